The van der Waals surface area contributed by atoms with Gasteiger partial charge in [-0.3, -0.25) is 0 Å². The molecule has 2 unspecified atom stereocenters. The third-order valence-corrected chi connectivity index (χ3v) is 2.93. The summed E-state index contributed by atoms with van der Waals surface area (Å²) < 4.78 is 4.98. The smallest absolute Gasteiger partial charge is 0.0765 e. The van der Waals surface area contributed by atoms with Gasteiger partial charge in [-0.15, -0.1) is 0 Å². The summed E-state index contributed by atoms with van der Waals surface area (Å²) >= 11 is 0. The maximum Gasteiger partial charge on any atom is 0.0765 e. The molecule has 1 aromatic carbocycles. The first kappa shape index (κ1) is 14.2. The van der Waals surface area contributed by atoms with Crippen LogP contribution in [-0.4, -0.2) is 31.0 Å². The van der Waals surface area contributed by atoms with Gasteiger partial charge in [-0.2, -0.15) is 0 Å². The summed E-state index contributed by atoms with van der Waals surface area (Å²) in [6, 6.07) is 10.5. The number of aliphatic hydroxyl groups is 1. The standard InChI is InChI=1S/C14H23NO2/c1-12(13-7-5-4-6-8-13)15-11-14(2,16)9-10-17-3/h4-8,12,15-16H,9-11H2,1-3H3. The van der Waals surface area contributed by atoms with E-state index >= 15 is 0 Å². The molecule has 0 saturated heterocycles. The van der Waals surface area contributed by atoms with Crippen LogP contribution in [0.1, 0.15) is 31.9 Å². The van der Waals surface area contributed by atoms with Gasteiger partial charge in [0.2, 0.25) is 0 Å². The van der Waals surface area contributed by atoms with Crippen LogP contribution in [0.2, 0.25) is 0 Å². The van der Waals surface area contributed by atoms with Crippen LogP contribution in [0.15, 0.2) is 30.3 Å². The Morgan fingerprint density at radius 1 is 1.35 bits per heavy atom. The molecule has 0 aliphatic rings. The number of nitrogens with one attached hydrogen (secondary N) is 1. The molecule has 0 radical (unpaired) electrons. The third kappa shape index (κ3) is 5.31. The maximum absolute atomic E-state index is 10.1. The summed E-state index contributed by atoms with van der Waals surface area (Å²) in [6.45, 7) is 5.07. The number of rotatable bonds is 7. The van der Waals surface area contributed by atoms with Crippen LogP contribution in [0.25, 0.3) is 0 Å². The van der Waals surface area contributed by atoms with Gasteiger partial charge in [0.25, 0.3) is 0 Å². The Kier molecular flexibility index (Phi) is 5.62. The molecule has 0 amide bonds. The molecular formula is C14H23NO2. The van der Waals surface area contributed by atoms with Crippen molar-refractivity contribution >= 4 is 0 Å². The van der Waals surface area contributed by atoms with Crippen molar-refractivity contribution in [2.75, 3.05) is 20.3 Å². The zero-order chi connectivity index (χ0) is 12.7. The first-order chi connectivity index (χ1) is 8.05. The maximum atomic E-state index is 10.1. The average molecular weight is 237 g/mol. The van der Waals surface area contributed by atoms with E-state index in [1.54, 1.807) is 7.11 Å². The van der Waals surface area contributed by atoms with E-state index in [-0.39, 0.29) is 6.04 Å². The van der Waals surface area contributed by atoms with Crippen LogP contribution in [0, 0.1) is 0 Å². The van der Waals surface area contributed by atoms with Gasteiger partial charge in [-0.05, 0) is 19.4 Å². The molecule has 2 N–H and O–H groups in total. The van der Waals surface area contributed by atoms with Crippen molar-refractivity contribution in [2.24, 2.45) is 0 Å². The van der Waals surface area contributed by atoms with Crippen molar-refractivity contribution < 1.29 is 9.84 Å². The molecule has 0 fully saturated rings. The summed E-state index contributed by atoms with van der Waals surface area (Å²) in [4.78, 5) is 0. The average Bonchev–Trinajstić information content (AvgIpc) is 2.35. The first-order valence-electron chi connectivity index (χ1n) is 6.05. The number of benzene rings is 1. The van der Waals surface area contributed by atoms with Gasteiger partial charge in [0.1, 0.15) is 0 Å². The van der Waals surface area contributed by atoms with Gasteiger partial charge in [0.15, 0.2) is 0 Å². The molecule has 0 aliphatic carbocycles. The normalized spacial score (nSPS) is 16.5. The van der Waals surface area contributed by atoms with Crippen molar-refractivity contribution in [1.29, 1.82) is 0 Å². The van der Waals surface area contributed by atoms with Crippen LogP contribution in [-0.2, 0) is 4.74 Å². The molecule has 1 rings (SSSR count). The lowest BCUT2D eigenvalue weighted by atomic mass is 10.0. The zero-order valence-electron chi connectivity index (χ0n) is 10.9. The molecule has 0 saturated carbocycles. The number of hydrogen-bond acceptors (Lipinski definition) is 3. The minimum Gasteiger partial charge on any atom is -0.389 e. The van der Waals surface area contributed by atoms with Crippen LogP contribution in [0.4, 0.5) is 0 Å². The first-order valence-corrected chi connectivity index (χ1v) is 6.05. The summed E-state index contributed by atoms with van der Waals surface area (Å²) in [5, 5.41) is 13.4. The Morgan fingerprint density at radius 3 is 2.59 bits per heavy atom. The molecule has 17 heavy (non-hydrogen) atoms. The van der Waals surface area contributed by atoms with E-state index in [1.165, 1.54) is 5.56 Å². The second kappa shape index (κ2) is 6.74. The Hall–Kier alpha value is -0.900. The van der Waals surface area contributed by atoms with Crippen LogP contribution < -0.4 is 5.32 Å². The van der Waals surface area contributed by atoms with Crippen molar-refractivity contribution in [3.8, 4) is 0 Å². The molecule has 2 atom stereocenters. The largest absolute Gasteiger partial charge is 0.389 e. The van der Waals surface area contributed by atoms with E-state index in [4.69, 9.17) is 4.74 Å². The summed E-state index contributed by atoms with van der Waals surface area (Å²) in [5.74, 6) is 0. The summed E-state index contributed by atoms with van der Waals surface area (Å²) in [7, 11) is 1.65. The Morgan fingerprint density at radius 2 is 2.00 bits per heavy atom. The third-order valence-electron chi connectivity index (χ3n) is 2.93. The van der Waals surface area contributed by atoms with Gasteiger partial charge < -0.3 is 15.2 Å². The van der Waals surface area contributed by atoms with Crippen LogP contribution in [0.5, 0.6) is 0 Å². The molecule has 1 aromatic rings. The van der Waals surface area contributed by atoms with Gasteiger partial charge in [0.05, 0.1) is 5.60 Å². The van der Waals surface area contributed by atoms with E-state index in [9.17, 15) is 5.11 Å². The van der Waals surface area contributed by atoms with Crippen LogP contribution in [0.3, 0.4) is 0 Å². The number of methoxy groups -OCH3 is 1. The highest BCUT2D eigenvalue weighted by molar-refractivity contribution is 5.18. The molecule has 3 nitrogen and oxygen atoms in total. The Labute approximate surface area is 104 Å². The fourth-order valence-corrected chi connectivity index (χ4v) is 1.64. The molecule has 0 aromatic heterocycles. The second-order valence-corrected chi connectivity index (χ2v) is 4.75. The lowest BCUT2D eigenvalue weighted by Gasteiger charge is -2.26. The number of ether oxygens (including phenoxy) is 1. The number of hydrogen-bond donors (Lipinski definition) is 2. The Bertz CT molecular complexity index is 311. The minimum atomic E-state index is -0.723. The summed E-state index contributed by atoms with van der Waals surface area (Å²) in [6.07, 6.45) is 0.637. The van der Waals surface area contributed by atoms with Gasteiger partial charge >= 0.3 is 0 Å². The molecule has 0 bridgehead atoms. The van der Waals surface area contributed by atoms with Crippen molar-refractivity contribution in [3.05, 3.63) is 35.9 Å². The highest BCUT2D eigenvalue weighted by atomic mass is 16.5. The molecule has 0 aliphatic heterocycles. The molecule has 96 valence electrons. The molecule has 0 spiro atoms. The Balaban J connectivity index is 2.40. The minimum absolute atomic E-state index is 0.241. The second-order valence-electron chi connectivity index (χ2n) is 4.75. The van der Waals surface area contributed by atoms with Crippen molar-refractivity contribution in [3.63, 3.8) is 0 Å². The van der Waals surface area contributed by atoms with Crippen molar-refractivity contribution in [1.82, 2.24) is 5.32 Å². The van der Waals surface area contributed by atoms with E-state index in [2.05, 4.69) is 24.4 Å². The fourth-order valence-electron chi connectivity index (χ4n) is 1.64. The summed E-state index contributed by atoms with van der Waals surface area (Å²) in [5.41, 5.74) is 0.508. The predicted molar refractivity (Wildman–Crippen MR) is 70.0 cm³/mol. The van der Waals surface area contributed by atoms with Gasteiger partial charge in [-0.1, -0.05) is 30.3 Å². The van der Waals surface area contributed by atoms with Crippen LogP contribution >= 0.6 is 0 Å². The topological polar surface area (TPSA) is 41.5 Å². The predicted octanol–water partition coefficient (Wildman–Crippen LogP) is 2.12. The van der Waals surface area contributed by atoms with Gasteiger partial charge in [0, 0.05) is 32.7 Å². The highest BCUT2D eigenvalue weighted by Crippen LogP contribution is 2.14. The lowest BCUT2D eigenvalue weighted by Crippen LogP contribution is -2.39. The van der Waals surface area contributed by atoms with Crippen molar-refractivity contribution in [2.45, 2.75) is 31.9 Å². The quantitative estimate of drug-likeness (QED) is 0.763. The molecule has 0 heterocycles. The molecular weight excluding hydrogens is 214 g/mol. The van der Waals surface area contributed by atoms with E-state index < -0.39 is 5.60 Å². The van der Waals surface area contributed by atoms with E-state index in [0.29, 0.717) is 19.6 Å². The van der Waals surface area contributed by atoms with E-state index in [0.717, 1.165) is 0 Å². The lowest BCUT2D eigenvalue weighted by molar-refractivity contribution is 0.0231. The fraction of sp³-hybridized carbons (Fsp3) is 0.571. The SMILES string of the molecule is COCCC(C)(O)CNC(C)c1ccccc1. The highest BCUT2D eigenvalue weighted by Gasteiger charge is 2.20. The molecule has 3 heteroatoms. The van der Waals surface area contributed by atoms with Gasteiger partial charge in [-0.25, -0.2) is 0 Å². The zero-order valence-corrected chi connectivity index (χ0v) is 10.9. The van der Waals surface area contributed by atoms with E-state index in [1.807, 2.05) is 25.1 Å². The monoisotopic (exact) mass is 237 g/mol.